The van der Waals surface area contributed by atoms with Gasteiger partial charge in [-0.25, -0.2) is 0 Å². The lowest BCUT2D eigenvalue weighted by Gasteiger charge is -2.34. The Bertz CT molecular complexity index is 671. The highest BCUT2D eigenvalue weighted by molar-refractivity contribution is 5.80. The summed E-state index contributed by atoms with van der Waals surface area (Å²) in [6.45, 7) is 16.5. The van der Waals surface area contributed by atoms with Crippen LogP contribution in [-0.4, -0.2) is 43.3 Å². The molecule has 0 aliphatic carbocycles. The van der Waals surface area contributed by atoms with Crippen molar-refractivity contribution < 1.29 is 4.74 Å². The summed E-state index contributed by atoms with van der Waals surface area (Å²) in [6.07, 6.45) is 24.7. The van der Waals surface area contributed by atoms with Crippen molar-refractivity contribution in [1.82, 2.24) is 4.90 Å². The molecule has 0 spiro atoms. The first-order chi connectivity index (χ1) is 15.0. The number of nitrogens with zero attached hydrogens (tertiary/aromatic N) is 3. The average molecular weight is 426 g/mol. The molecule has 0 radical (unpaired) electrons. The Morgan fingerprint density at radius 3 is 2.29 bits per heavy atom. The maximum atomic E-state index is 5.46. The number of rotatable bonds is 9. The highest BCUT2D eigenvalue weighted by Gasteiger charge is 2.25. The van der Waals surface area contributed by atoms with Crippen LogP contribution in [0.2, 0.25) is 0 Å². The summed E-state index contributed by atoms with van der Waals surface area (Å²) in [7, 11) is 1.68. The molecular weight excluding hydrogens is 382 g/mol. The summed E-state index contributed by atoms with van der Waals surface area (Å²) in [4.78, 5) is 2.49. The average Bonchev–Trinajstić information content (AvgIpc) is 2.78. The summed E-state index contributed by atoms with van der Waals surface area (Å²) in [5.74, 6) is 1.10. The molecule has 172 valence electrons. The molecule has 0 N–H and O–H groups in total. The van der Waals surface area contributed by atoms with Gasteiger partial charge in [0.2, 0.25) is 5.90 Å². The van der Waals surface area contributed by atoms with E-state index in [4.69, 9.17) is 4.74 Å². The van der Waals surface area contributed by atoms with Crippen LogP contribution in [0.3, 0.4) is 0 Å². The fourth-order valence-corrected chi connectivity index (χ4v) is 3.07. The van der Waals surface area contributed by atoms with Crippen molar-refractivity contribution >= 4 is 12.1 Å². The summed E-state index contributed by atoms with van der Waals surface area (Å²) in [6, 6.07) is 0.601. The van der Waals surface area contributed by atoms with Crippen molar-refractivity contribution in [3.8, 4) is 0 Å². The molecule has 1 saturated heterocycles. The van der Waals surface area contributed by atoms with Crippen LogP contribution in [0.15, 0.2) is 83.1 Å². The molecular formula is C27H43N3O. The first-order valence-electron chi connectivity index (χ1n) is 11.3. The number of piperidine rings is 1. The van der Waals surface area contributed by atoms with Gasteiger partial charge < -0.3 is 9.64 Å². The van der Waals surface area contributed by atoms with Crippen LogP contribution in [-0.2, 0) is 4.74 Å². The number of likely N-dealkylation sites (tertiary alicyclic amines) is 1. The van der Waals surface area contributed by atoms with E-state index in [0.29, 0.717) is 12.0 Å². The van der Waals surface area contributed by atoms with Crippen LogP contribution in [0.1, 0.15) is 53.9 Å². The monoisotopic (exact) mass is 425 g/mol. The van der Waals surface area contributed by atoms with Crippen molar-refractivity contribution in [3.63, 3.8) is 0 Å². The fourth-order valence-electron chi connectivity index (χ4n) is 3.07. The van der Waals surface area contributed by atoms with Gasteiger partial charge in [-0.1, -0.05) is 68.2 Å². The minimum absolute atomic E-state index is 0.362. The molecule has 4 heteroatoms. The topological polar surface area (TPSA) is 37.2 Å². The van der Waals surface area contributed by atoms with Crippen molar-refractivity contribution in [2.24, 2.45) is 16.1 Å². The lowest BCUT2D eigenvalue weighted by atomic mass is 9.96. The molecule has 0 amide bonds. The molecule has 0 aromatic carbocycles. The minimum atomic E-state index is 0.362. The van der Waals surface area contributed by atoms with Gasteiger partial charge in [0, 0.05) is 18.2 Å². The van der Waals surface area contributed by atoms with Crippen LogP contribution in [0.5, 0.6) is 0 Å². The SMILES string of the molecule is C/C=C\CC.C=C/C=C/C(/C=C\C)=C/C=C/C=N/N=C(\OC)C1CCN(C(C)C)CC1. The van der Waals surface area contributed by atoms with E-state index in [2.05, 4.69) is 54.6 Å². The maximum Gasteiger partial charge on any atom is 0.211 e. The fraction of sp³-hybridized carbons (Fsp3) is 0.481. The Hall–Kier alpha value is -2.46. The summed E-state index contributed by atoms with van der Waals surface area (Å²) < 4.78 is 5.46. The van der Waals surface area contributed by atoms with Gasteiger partial charge in [-0.15, -0.1) is 5.10 Å². The van der Waals surface area contributed by atoms with Crippen LogP contribution >= 0.6 is 0 Å². The second kappa shape index (κ2) is 19.5. The van der Waals surface area contributed by atoms with Gasteiger partial charge in [-0.2, -0.15) is 5.10 Å². The molecule has 1 aliphatic rings. The van der Waals surface area contributed by atoms with Gasteiger partial charge >= 0.3 is 0 Å². The Kier molecular flexibility index (Phi) is 18.0. The Morgan fingerprint density at radius 1 is 1.10 bits per heavy atom. The molecule has 31 heavy (non-hydrogen) atoms. The molecule has 1 rings (SSSR count). The van der Waals surface area contributed by atoms with Gasteiger partial charge in [0.1, 0.15) is 0 Å². The van der Waals surface area contributed by atoms with Crippen LogP contribution in [0.25, 0.3) is 0 Å². The highest BCUT2D eigenvalue weighted by atomic mass is 16.5. The predicted octanol–water partition coefficient (Wildman–Crippen LogP) is 6.91. The second-order valence-corrected chi connectivity index (χ2v) is 7.43. The number of hydrogen-bond donors (Lipinski definition) is 0. The molecule has 0 saturated carbocycles. The quantitative estimate of drug-likeness (QED) is 0.132. The van der Waals surface area contributed by atoms with Crippen molar-refractivity contribution in [2.45, 2.75) is 59.9 Å². The van der Waals surface area contributed by atoms with E-state index < -0.39 is 0 Å². The molecule has 0 aromatic rings. The summed E-state index contributed by atoms with van der Waals surface area (Å²) in [5, 5.41) is 8.40. The highest BCUT2D eigenvalue weighted by Crippen LogP contribution is 2.20. The lowest BCUT2D eigenvalue weighted by molar-refractivity contribution is 0.160. The third kappa shape index (κ3) is 14.2. The normalized spacial score (nSPS) is 17.5. The lowest BCUT2D eigenvalue weighted by Crippen LogP contribution is -2.40. The minimum Gasteiger partial charge on any atom is -0.483 e. The van der Waals surface area contributed by atoms with E-state index >= 15 is 0 Å². The Morgan fingerprint density at radius 2 is 1.81 bits per heavy atom. The van der Waals surface area contributed by atoms with Crippen LogP contribution in [0, 0.1) is 5.92 Å². The van der Waals surface area contributed by atoms with E-state index in [1.807, 2.05) is 56.4 Å². The molecule has 1 fully saturated rings. The smallest absolute Gasteiger partial charge is 0.211 e. The second-order valence-electron chi connectivity index (χ2n) is 7.43. The first-order valence-corrected chi connectivity index (χ1v) is 11.3. The van der Waals surface area contributed by atoms with Crippen molar-refractivity contribution in [1.29, 1.82) is 0 Å². The standard InChI is InChI=1S/C22H33N3O.C5H10/c1-6-8-12-20(11-7-2)13-9-10-16-23-24-22(26-5)21-14-17-25(18-15-21)19(3)4;1-3-5-4-2/h6-13,16,19,21H,1,14-15,17-18H2,2-5H3;3,5H,4H2,1-2H3/b10-9+,11-7-,12-8+,20-13+,23-16+,24-22-;5-3-. The number of ether oxygens (including phenoxy) is 1. The van der Waals surface area contributed by atoms with Crippen molar-refractivity contribution in [2.75, 3.05) is 20.2 Å². The van der Waals surface area contributed by atoms with E-state index in [9.17, 15) is 0 Å². The molecule has 0 bridgehead atoms. The Balaban J connectivity index is 0.00000161. The largest absolute Gasteiger partial charge is 0.483 e. The van der Waals surface area contributed by atoms with E-state index in [1.54, 1.807) is 19.4 Å². The predicted molar refractivity (Wildman–Crippen MR) is 139 cm³/mol. The number of methoxy groups -OCH3 is 1. The van der Waals surface area contributed by atoms with Gasteiger partial charge in [-0.3, -0.25) is 0 Å². The van der Waals surface area contributed by atoms with E-state index in [-0.39, 0.29) is 0 Å². The molecule has 1 heterocycles. The molecule has 1 aliphatic heterocycles. The van der Waals surface area contributed by atoms with Crippen molar-refractivity contribution in [3.05, 3.63) is 72.9 Å². The van der Waals surface area contributed by atoms with Gasteiger partial charge in [0.05, 0.1) is 7.11 Å². The zero-order valence-electron chi connectivity index (χ0n) is 20.5. The van der Waals surface area contributed by atoms with E-state index in [1.165, 1.54) is 0 Å². The van der Waals surface area contributed by atoms with Crippen LogP contribution in [0.4, 0.5) is 0 Å². The number of hydrogen-bond acceptors (Lipinski definition) is 4. The third-order valence-corrected chi connectivity index (χ3v) is 4.78. The van der Waals surface area contributed by atoms with Crippen LogP contribution < -0.4 is 0 Å². The zero-order valence-corrected chi connectivity index (χ0v) is 20.5. The van der Waals surface area contributed by atoms with E-state index in [0.717, 1.165) is 43.8 Å². The molecule has 0 unspecified atom stereocenters. The zero-order chi connectivity index (χ0) is 23.3. The Labute approximate surface area is 191 Å². The number of allylic oxidation sites excluding steroid dienone is 11. The molecule has 4 nitrogen and oxygen atoms in total. The van der Waals surface area contributed by atoms with Gasteiger partial charge in [-0.05, 0) is 71.7 Å². The summed E-state index contributed by atoms with van der Waals surface area (Å²) in [5.41, 5.74) is 1.09. The molecule has 0 atom stereocenters. The first kappa shape index (κ1) is 28.5. The van der Waals surface area contributed by atoms with Gasteiger partial charge in [0.15, 0.2) is 0 Å². The third-order valence-electron chi connectivity index (χ3n) is 4.78. The summed E-state index contributed by atoms with van der Waals surface area (Å²) >= 11 is 0. The van der Waals surface area contributed by atoms with Gasteiger partial charge in [0.25, 0.3) is 0 Å². The molecule has 0 aromatic heterocycles. The maximum absolute atomic E-state index is 5.46.